The third kappa shape index (κ3) is 4.32. The van der Waals surface area contributed by atoms with E-state index in [0.29, 0.717) is 5.95 Å². The Morgan fingerprint density at radius 3 is 2.63 bits per heavy atom. The van der Waals surface area contributed by atoms with E-state index in [9.17, 15) is 0 Å². The van der Waals surface area contributed by atoms with Crippen molar-refractivity contribution in [2.75, 3.05) is 36.4 Å². The summed E-state index contributed by atoms with van der Waals surface area (Å²) in [6.07, 6.45) is 4.11. The van der Waals surface area contributed by atoms with Crippen LogP contribution < -0.4 is 21.3 Å². The van der Waals surface area contributed by atoms with Gasteiger partial charge in [0.25, 0.3) is 0 Å². The molecule has 4 heterocycles. The van der Waals surface area contributed by atoms with Gasteiger partial charge in [-0.25, -0.2) is 9.97 Å². The van der Waals surface area contributed by atoms with Crippen molar-refractivity contribution >= 4 is 34.9 Å². The summed E-state index contributed by atoms with van der Waals surface area (Å²) in [5.41, 5.74) is 8.28. The number of aromatic amines is 1. The highest BCUT2D eigenvalue weighted by Crippen LogP contribution is 2.22. The van der Waals surface area contributed by atoms with E-state index in [2.05, 4.69) is 54.2 Å². The second-order valence-electron chi connectivity index (χ2n) is 6.23. The number of rotatable bonds is 3. The van der Waals surface area contributed by atoms with Crippen LogP contribution in [0.3, 0.4) is 0 Å². The molecule has 9 nitrogen and oxygen atoms in total. The number of nitrogens with one attached hydrogen (secondary N) is 3. The Labute approximate surface area is 157 Å². The third-order valence-corrected chi connectivity index (χ3v) is 4.38. The molecule has 1 aliphatic heterocycles. The Hall–Kier alpha value is -3.20. The average molecular weight is 368 g/mol. The number of nitrogens with zero attached hydrogens (tertiary/aromatic N) is 4. The predicted molar refractivity (Wildman–Crippen MR) is 106 cm³/mol. The van der Waals surface area contributed by atoms with E-state index < -0.39 is 0 Å². The van der Waals surface area contributed by atoms with E-state index in [1.54, 1.807) is 0 Å². The minimum atomic E-state index is 0.250. The number of hydrogen-bond donors (Lipinski definition) is 4. The lowest BCUT2D eigenvalue weighted by molar-refractivity contribution is -0.106. The highest BCUT2D eigenvalue weighted by Gasteiger charge is 2.12. The zero-order valence-corrected chi connectivity index (χ0v) is 15.5. The van der Waals surface area contributed by atoms with Gasteiger partial charge < -0.3 is 26.3 Å². The molecule has 0 spiro atoms. The largest absolute Gasteiger partial charge is 0.372 e. The topological polar surface area (TPSA) is 125 Å². The fourth-order valence-corrected chi connectivity index (χ4v) is 3.14. The fraction of sp³-hybridized carbons (Fsp3) is 0.333. The van der Waals surface area contributed by atoms with Gasteiger partial charge in [-0.2, -0.15) is 4.98 Å². The molecule has 9 heteroatoms. The molecule has 1 fully saturated rings. The van der Waals surface area contributed by atoms with Gasteiger partial charge in [0, 0.05) is 37.8 Å². The van der Waals surface area contributed by atoms with Crippen molar-refractivity contribution in [2.45, 2.75) is 13.8 Å². The molecule has 3 aromatic rings. The van der Waals surface area contributed by atoms with Crippen molar-refractivity contribution in [3.05, 3.63) is 35.8 Å². The number of H-pyrrole nitrogens is 1. The number of piperazine rings is 1. The number of hydrogen-bond acceptors (Lipinski definition) is 7. The van der Waals surface area contributed by atoms with E-state index >= 15 is 0 Å². The van der Waals surface area contributed by atoms with E-state index in [0.717, 1.165) is 60.0 Å². The zero-order valence-electron chi connectivity index (χ0n) is 15.5. The van der Waals surface area contributed by atoms with Gasteiger partial charge >= 0.3 is 0 Å². The molecule has 0 aromatic carbocycles. The smallest absolute Gasteiger partial charge is 0.230 e. The second-order valence-corrected chi connectivity index (χ2v) is 6.23. The van der Waals surface area contributed by atoms with Crippen LogP contribution in [0.1, 0.15) is 11.3 Å². The molecule has 0 radical (unpaired) electrons. The van der Waals surface area contributed by atoms with Crippen LogP contribution in [0.5, 0.6) is 0 Å². The Kier molecular flexibility index (Phi) is 5.82. The number of carbonyl (C=O) groups excluding carboxylic acids is 1. The van der Waals surface area contributed by atoms with Crippen LogP contribution in [0, 0.1) is 13.8 Å². The van der Waals surface area contributed by atoms with Gasteiger partial charge in [-0.15, -0.1) is 0 Å². The van der Waals surface area contributed by atoms with Gasteiger partial charge in [0.1, 0.15) is 11.5 Å². The summed E-state index contributed by atoms with van der Waals surface area (Å²) in [6.45, 7) is 8.11. The Morgan fingerprint density at radius 2 is 1.96 bits per heavy atom. The van der Waals surface area contributed by atoms with Crippen molar-refractivity contribution < 1.29 is 4.79 Å². The minimum absolute atomic E-state index is 0.250. The molecule has 4 rings (SSSR count). The molecule has 1 saturated heterocycles. The molecule has 1 amide bonds. The van der Waals surface area contributed by atoms with Crippen LogP contribution in [-0.4, -0.2) is 52.5 Å². The molecular formula is C18H24N8O. The number of primary amides is 1. The Morgan fingerprint density at radius 1 is 1.22 bits per heavy atom. The van der Waals surface area contributed by atoms with Crippen LogP contribution in [0.25, 0.3) is 11.0 Å². The molecule has 3 aromatic heterocycles. The van der Waals surface area contributed by atoms with Crippen molar-refractivity contribution in [3.8, 4) is 0 Å². The highest BCUT2D eigenvalue weighted by atomic mass is 16.1. The van der Waals surface area contributed by atoms with Gasteiger partial charge in [-0.05, 0) is 31.5 Å². The summed E-state index contributed by atoms with van der Waals surface area (Å²) in [6, 6.07) is 4.06. The summed E-state index contributed by atoms with van der Waals surface area (Å²) in [7, 11) is 0. The number of aromatic nitrogens is 4. The van der Waals surface area contributed by atoms with Crippen molar-refractivity contribution in [3.63, 3.8) is 0 Å². The van der Waals surface area contributed by atoms with Gasteiger partial charge in [0.05, 0.1) is 17.6 Å². The molecule has 0 saturated carbocycles. The van der Waals surface area contributed by atoms with Gasteiger partial charge in [-0.1, -0.05) is 0 Å². The van der Waals surface area contributed by atoms with Crippen molar-refractivity contribution in [1.82, 2.24) is 25.3 Å². The number of aryl methyl sites for hydroxylation is 2. The van der Waals surface area contributed by atoms with E-state index in [4.69, 9.17) is 4.79 Å². The molecule has 1 aliphatic rings. The first-order valence-corrected chi connectivity index (χ1v) is 8.79. The predicted octanol–water partition coefficient (Wildman–Crippen LogP) is 1.22. The molecule has 142 valence electrons. The van der Waals surface area contributed by atoms with Crippen LogP contribution in [0.15, 0.2) is 24.5 Å². The minimum Gasteiger partial charge on any atom is -0.372 e. The van der Waals surface area contributed by atoms with Crippen LogP contribution in [0.2, 0.25) is 0 Å². The third-order valence-electron chi connectivity index (χ3n) is 4.38. The van der Waals surface area contributed by atoms with Gasteiger partial charge in [-0.3, -0.25) is 4.79 Å². The number of anilines is 3. The maximum Gasteiger partial charge on any atom is 0.230 e. The van der Waals surface area contributed by atoms with Gasteiger partial charge in [0.15, 0.2) is 0 Å². The lowest BCUT2D eigenvalue weighted by Crippen LogP contribution is -2.43. The van der Waals surface area contributed by atoms with Crippen molar-refractivity contribution in [1.29, 1.82) is 0 Å². The number of nitrogens with two attached hydrogens (primary N) is 1. The highest BCUT2D eigenvalue weighted by molar-refractivity contribution is 5.83. The lowest BCUT2D eigenvalue weighted by Gasteiger charge is -2.29. The number of carbonyl (C=O) groups is 1. The summed E-state index contributed by atoms with van der Waals surface area (Å²) in [4.78, 5) is 27.7. The molecule has 0 atom stereocenters. The van der Waals surface area contributed by atoms with E-state index in [-0.39, 0.29) is 6.41 Å². The normalized spacial score (nSPS) is 13.8. The molecule has 0 bridgehead atoms. The maximum absolute atomic E-state index is 8.58. The molecule has 0 aliphatic carbocycles. The Bertz CT molecular complexity index is 900. The standard InChI is InChI=1S/C17H21N7.CH3NO/c1-11-9-20-16-15(11)12(2)21-17(23-16)22-14-4-3-13(10-19-14)24-7-5-18-6-8-24;2-1-3/h3-4,9-10,18H,5-8H2,1-2H3,(H2,19,20,21,22,23);1H,(H2,2,3). The average Bonchev–Trinajstić information content (AvgIpc) is 3.05. The second kappa shape index (κ2) is 8.45. The lowest BCUT2D eigenvalue weighted by atomic mass is 10.2. The first-order valence-electron chi connectivity index (χ1n) is 8.79. The van der Waals surface area contributed by atoms with Gasteiger partial charge in [0.2, 0.25) is 12.4 Å². The first kappa shape index (κ1) is 18.6. The first-order chi connectivity index (χ1) is 13.1. The quantitative estimate of drug-likeness (QED) is 0.512. The van der Waals surface area contributed by atoms with Crippen LogP contribution >= 0.6 is 0 Å². The van der Waals surface area contributed by atoms with Crippen molar-refractivity contribution in [2.24, 2.45) is 5.73 Å². The number of pyridine rings is 1. The summed E-state index contributed by atoms with van der Waals surface area (Å²) >= 11 is 0. The fourth-order valence-electron chi connectivity index (χ4n) is 3.14. The number of amides is 1. The zero-order chi connectivity index (χ0) is 19.2. The van der Waals surface area contributed by atoms with Crippen LogP contribution in [-0.2, 0) is 4.79 Å². The van der Waals surface area contributed by atoms with E-state index in [1.807, 2.05) is 25.4 Å². The molecule has 5 N–H and O–H groups in total. The molecular weight excluding hydrogens is 344 g/mol. The van der Waals surface area contributed by atoms with E-state index in [1.165, 1.54) is 0 Å². The monoisotopic (exact) mass is 368 g/mol. The SMILES string of the molecule is Cc1c[nH]c2nc(Nc3ccc(N4CCNCC4)cn3)nc(C)c12.NC=O. The van der Waals surface area contributed by atoms with Crippen LogP contribution in [0.4, 0.5) is 17.5 Å². The summed E-state index contributed by atoms with van der Waals surface area (Å²) < 4.78 is 0. The molecule has 27 heavy (non-hydrogen) atoms. The summed E-state index contributed by atoms with van der Waals surface area (Å²) in [5, 5.41) is 7.63. The maximum atomic E-state index is 8.58. The summed E-state index contributed by atoms with van der Waals surface area (Å²) in [5.74, 6) is 1.31. The Balaban J connectivity index is 0.000000659. The molecule has 0 unspecified atom stereocenters. The number of fused-ring (bicyclic) bond motifs is 1.